The smallest absolute Gasteiger partial charge is 0.318 e. The van der Waals surface area contributed by atoms with Crippen LogP contribution in [0.2, 0.25) is 0 Å². The topological polar surface area (TPSA) is 163 Å². The Kier molecular flexibility index (Phi) is 14.0. The fourth-order valence-corrected chi connectivity index (χ4v) is 0.412. The lowest BCUT2D eigenvalue weighted by Gasteiger charge is -1.98. The number of aliphatic hydroxyl groups is 4. The van der Waals surface area contributed by atoms with Gasteiger partial charge in [-0.1, -0.05) is 0 Å². The number of aliphatic hydroxyl groups excluding tert-OH is 4. The van der Waals surface area contributed by atoms with Gasteiger partial charge >= 0.3 is 12.1 Å². The first-order valence-electron chi connectivity index (χ1n) is 4.09. The predicted molar refractivity (Wildman–Crippen MR) is 51.7 cm³/mol. The molecule has 0 aliphatic heterocycles. The lowest BCUT2D eigenvalue weighted by Crippen LogP contribution is -2.36. The van der Waals surface area contributed by atoms with E-state index < -0.39 is 39.0 Å². The van der Waals surface area contributed by atoms with Gasteiger partial charge in [0, 0.05) is 0 Å². The Hall–Kier alpha value is -1.62. The molecule has 0 aromatic rings. The van der Waals surface area contributed by atoms with Crippen LogP contribution in [0.3, 0.4) is 0 Å². The summed E-state index contributed by atoms with van der Waals surface area (Å²) < 4.78 is 0. The van der Waals surface area contributed by atoms with E-state index in [4.69, 9.17) is 20.4 Å². The summed E-state index contributed by atoms with van der Waals surface area (Å²) in [5.74, 6) is 0. The first-order valence-corrected chi connectivity index (χ1v) is 4.09. The molecule has 0 saturated heterocycles. The van der Waals surface area contributed by atoms with Crippen LogP contribution in [0.4, 0.5) is 9.59 Å². The van der Waals surface area contributed by atoms with Crippen LogP contribution in [-0.2, 0) is 0 Å². The summed E-state index contributed by atoms with van der Waals surface area (Å²) in [5, 5.41) is 40.0. The third kappa shape index (κ3) is 14.9. The van der Waals surface area contributed by atoms with Gasteiger partial charge < -0.3 is 41.7 Å². The summed E-state index contributed by atoms with van der Waals surface area (Å²) in [5.41, 5.74) is 0. The standard InChI is InChI=1S/2C3H8N2O3/c2*6-1-4-3(8)5-2-7/h2*6-7H,1-2H2,(H2,4,5,8). The summed E-state index contributed by atoms with van der Waals surface area (Å²) in [6.45, 7) is -1.70. The van der Waals surface area contributed by atoms with Crippen molar-refractivity contribution in [3.8, 4) is 0 Å². The summed E-state index contributed by atoms with van der Waals surface area (Å²) in [6, 6.07) is -1.18. The first kappa shape index (κ1) is 16.8. The van der Waals surface area contributed by atoms with E-state index in [0.29, 0.717) is 0 Å². The van der Waals surface area contributed by atoms with Crippen LogP contribution < -0.4 is 21.3 Å². The van der Waals surface area contributed by atoms with Gasteiger partial charge in [0.25, 0.3) is 0 Å². The molecule has 0 rings (SSSR count). The van der Waals surface area contributed by atoms with Crippen LogP contribution in [0.15, 0.2) is 0 Å². The number of carbonyl (C=O) groups is 2. The van der Waals surface area contributed by atoms with Crippen molar-refractivity contribution >= 4 is 12.1 Å². The molecule has 4 amide bonds. The maximum Gasteiger partial charge on any atom is 0.318 e. The van der Waals surface area contributed by atoms with Crippen LogP contribution in [0, 0.1) is 0 Å². The highest BCUT2D eigenvalue weighted by molar-refractivity contribution is 5.73. The average molecular weight is 240 g/mol. The van der Waals surface area contributed by atoms with E-state index in [1.807, 2.05) is 21.3 Å². The number of urea groups is 2. The van der Waals surface area contributed by atoms with Crippen molar-refractivity contribution in [2.45, 2.75) is 0 Å². The molecule has 0 bridgehead atoms. The highest BCUT2D eigenvalue weighted by atomic mass is 16.3. The number of hydrogen-bond donors (Lipinski definition) is 8. The van der Waals surface area contributed by atoms with E-state index in [1.54, 1.807) is 0 Å². The van der Waals surface area contributed by atoms with Crippen molar-refractivity contribution in [2.75, 3.05) is 26.9 Å². The second-order valence-electron chi connectivity index (χ2n) is 2.00. The number of amides is 4. The molecule has 0 radical (unpaired) electrons. The molecule has 0 aromatic heterocycles. The van der Waals surface area contributed by atoms with Crippen LogP contribution in [0.25, 0.3) is 0 Å². The van der Waals surface area contributed by atoms with E-state index in [9.17, 15) is 9.59 Å². The van der Waals surface area contributed by atoms with E-state index in [2.05, 4.69) is 0 Å². The van der Waals surface area contributed by atoms with Crippen molar-refractivity contribution in [2.24, 2.45) is 0 Å². The molecule has 16 heavy (non-hydrogen) atoms. The van der Waals surface area contributed by atoms with Gasteiger partial charge in [-0.25, -0.2) is 9.59 Å². The Balaban J connectivity index is 0. The van der Waals surface area contributed by atoms with Gasteiger partial charge in [-0.15, -0.1) is 0 Å². The van der Waals surface area contributed by atoms with Crippen LogP contribution in [-0.4, -0.2) is 59.4 Å². The van der Waals surface area contributed by atoms with Gasteiger partial charge in [0.2, 0.25) is 0 Å². The summed E-state index contributed by atoms with van der Waals surface area (Å²) in [7, 11) is 0. The van der Waals surface area contributed by atoms with Gasteiger partial charge in [0.1, 0.15) is 26.9 Å². The van der Waals surface area contributed by atoms with Gasteiger partial charge in [0.05, 0.1) is 0 Å². The predicted octanol–water partition coefficient (Wildman–Crippen LogP) is -3.63. The van der Waals surface area contributed by atoms with Crippen molar-refractivity contribution < 1.29 is 30.0 Å². The van der Waals surface area contributed by atoms with Crippen molar-refractivity contribution in [1.29, 1.82) is 0 Å². The van der Waals surface area contributed by atoms with Crippen molar-refractivity contribution in [1.82, 2.24) is 21.3 Å². The molecule has 0 fully saturated rings. The second-order valence-corrected chi connectivity index (χ2v) is 2.00. The van der Waals surface area contributed by atoms with Gasteiger partial charge in [0.15, 0.2) is 0 Å². The maximum atomic E-state index is 10.1. The molecule has 0 aromatic carbocycles. The van der Waals surface area contributed by atoms with Gasteiger partial charge in [-0.3, -0.25) is 0 Å². The van der Waals surface area contributed by atoms with E-state index in [0.717, 1.165) is 0 Å². The Bertz CT molecular complexity index is 154. The van der Waals surface area contributed by atoms with Crippen LogP contribution in [0.1, 0.15) is 0 Å². The van der Waals surface area contributed by atoms with Crippen molar-refractivity contribution in [3.63, 3.8) is 0 Å². The minimum absolute atomic E-state index is 0.425. The normalized spacial score (nSPS) is 8.25. The first-order chi connectivity index (χ1) is 7.62. The summed E-state index contributed by atoms with van der Waals surface area (Å²) in [4.78, 5) is 20.2. The molecule has 0 saturated carbocycles. The molecule has 10 nitrogen and oxygen atoms in total. The number of rotatable bonds is 4. The van der Waals surface area contributed by atoms with Gasteiger partial charge in [-0.2, -0.15) is 0 Å². The lowest BCUT2D eigenvalue weighted by molar-refractivity contribution is 0.200. The number of hydrogen-bond acceptors (Lipinski definition) is 6. The van der Waals surface area contributed by atoms with E-state index >= 15 is 0 Å². The molecule has 0 aliphatic rings. The van der Waals surface area contributed by atoms with E-state index in [1.165, 1.54) is 0 Å². The molecular formula is C6H16N4O6. The highest BCUT2D eigenvalue weighted by Crippen LogP contribution is 1.57. The van der Waals surface area contributed by atoms with Crippen molar-refractivity contribution in [3.05, 3.63) is 0 Å². The third-order valence-corrected chi connectivity index (χ3v) is 0.958. The summed E-state index contributed by atoms with van der Waals surface area (Å²) in [6.07, 6.45) is 0. The summed E-state index contributed by atoms with van der Waals surface area (Å²) >= 11 is 0. The number of carbonyl (C=O) groups excluding carboxylic acids is 2. The Morgan fingerprint density at radius 1 is 0.625 bits per heavy atom. The fraction of sp³-hybridized carbons (Fsp3) is 0.667. The highest BCUT2D eigenvalue weighted by Gasteiger charge is 1.91. The molecule has 96 valence electrons. The lowest BCUT2D eigenvalue weighted by atomic mass is 10.9. The average Bonchev–Trinajstić information content (AvgIpc) is 2.20. The molecule has 10 heteroatoms. The maximum absolute atomic E-state index is 10.1. The molecule has 0 heterocycles. The minimum Gasteiger partial charge on any atom is -0.376 e. The fourth-order valence-electron chi connectivity index (χ4n) is 0.412. The Morgan fingerprint density at radius 3 is 0.938 bits per heavy atom. The Labute approximate surface area is 91.3 Å². The molecule has 0 aliphatic carbocycles. The zero-order chi connectivity index (χ0) is 12.8. The SMILES string of the molecule is O=C(NCO)NCO.O=C(NCO)NCO. The molecule has 0 atom stereocenters. The molecule has 0 spiro atoms. The minimum atomic E-state index is -0.588. The largest absolute Gasteiger partial charge is 0.376 e. The molecule has 0 unspecified atom stereocenters. The zero-order valence-corrected chi connectivity index (χ0v) is 8.43. The van der Waals surface area contributed by atoms with Crippen LogP contribution in [0.5, 0.6) is 0 Å². The van der Waals surface area contributed by atoms with E-state index in [-0.39, 0.29) is 0 Å². The number of nitrogens with one attached hydrogen (secondary N) is 4. The molecular weight excluding hydrogens is 224 g/mol. The van der Waals surface area contributed by atoms with Gasteiger partial charge in [-0.05, 0) is 0 Å². The second kappa shape index (κ2) is 13.4. The monoisotopic (exact) mass is 240 g/mol. The quantitative estimate of drug-likeness (QED) is 0.236. The molecule has 8 N–H and O–H groups in total. The van der Waals surface area contributed by atoms with Crippen LogP contribution >= 0.6 is 0 Å². The Morgan fingerprint density at radius 2 is 0.812 bits per heavy atom. The third-order valence-electron chi connectivity index (χ3n) is 0.958. The zero-order valence-electron chi connectivity index (χ0n) is 8.43.